The fourth-order valence-corrected chi connectivity index (χ4v) is 2.46. The topological polar surface area (TPSA) is 91.0 Å². The molecule has 0 saturated heterocycles. The summed E-state index contributed by atoms with van der Waals surface area (Å²) in [5.74, 6) is 0.211. The Morgan fingerprint density at radius 3 is 2.63 bits per heavy atom. The number of nitro groups is 1. The first kappa shape index (κ1) is 18.3. The Morgan fingerprint density at radius 2 is 1.93 bits per heavy atom. The second kappa shape index (κ2) is 8.27. The van der Waals surface area contributed by atoms with Gasteiger partial charge in [0.1, 0.15) is 5.75 Å². The zero-order chi connectivity index (χ0) is 19.2. The van der Waals surface area contributed by atoms with Crippen molar-refractivity contribution < 1.29 is 19.2 Å². The third kappa shape index (κ3) is 4.38. The summed E-state index contributed by atoms with van der Waals surface area (Å²) in [6.45, 7) is 2.68. The number of cyclic esters (lactones) is 1. The Bertz CT molecular complexity index is 916. The van der Waals surface area contributed by atoms with Crippen LogP contribution in [0.25, 0.3) is 6.08 Å². The molecule has 2 aromatic carbocycles. The highest BCUT2D eigenvalue weighted by atomic mass is 16.6. The van der Waals surface area contributed by atoms with Gasteiger partial charge >= 0.3 is 5.97 Å². The molecule has 27 heavy (non-hydrogen) atoms. The molecule has 1 heterocycles. The van der Waals surface area contributed by atoms with E-state index in [-0.39, 0.29) is 17.3 Å². The van der Waals surface area contributed by atoms with E-state index in [0.29, 0.717) is 17.9 Å². The number of carbonyl (C=O) groups excluding carboxylic acids is 1. The minimum atomic E-state index is -0.577. The van der Waals surface area contributed by atoms with Gasteiger partial charge in [0, 0.05) is 23.3 Å². The van der Waals surface area contributed by atoms with Gasteiger partial charge in [0.05, 0.1) is 11.5 Å². The molecule has 0 unspecified atom stereocenters. The van der Waals surface area contributed by atoms with E-state index in [2.05, 4.69) is 11.9 Å². The molecular formula is C20H18N2O5. The number of hydrogen-bond donors (Lipinski definition) is 0. The molecule has 7 heteroatoms. The van der Waals surface area contributed by atoms with Gasteiger partial charge in [-0.25, -0.2) is 9.79 Å². The molecular weight excluding hydrogens is 348 g/mol. The smallest absolute Gasteiger partial charge is 0.363 e. The third-order valence-electron chi connectivity index (χ3n) is 3.91. The largest absolute Gasteiger partial charge is 0.493 e. The van der Waals surface area contributed by atoms with Crippen LogP contribution in [0.3, 0.4) is 0 Å². The van der Waals surface area contributed by atoms with E-state index in [9.17, 15) is 14.9 Å². The van der Waals surface area contributed by atoms with Crippen molar-refractivity contribution in [3.63, 3.8) is 0 Å². The molecule has 0 radical (unpaired) electrons. The molecule has 2 aromatic rings. The van der Waals surface area contributed by atoms with E-state index in [1.54, 1.807) is 6.08 Å². The Hall–Kier alpha value is -3.48. The molecule has 7 nitrogen and oxygen atoms in total. The lowest BCUT2D eigenvalue weighted by atomic mass is 10.1. The van der Waals surface area contributed by atoms with Crippen LogP contribution in [0.5, 0.6) is 5.75 Å². The predicted molar refractivity (Wildman–Crippen MR) is 101 cm³/mol. The molecule has 138 valence electrons. The summed E-state index contributed by atoms with van der Waals surface area (Å²) < 4.78 is 11.0. The number of hydrogen-bond acceptors (Lipinski definition) is 6. The number of esters is 1. The van der Waals surface area contributed by atoms with Crippen molar-refractivity contribution in [2.75, 3.05) is 6.61 Å². The Balaban J connectivity index is 1.85. The van der Waals surface area contributed by atoms with Crippen molar-refractivity contribution in [2.24, 2.45) is 4.99 Å². The van der Waals surface area contributed by atoms with Crippen molar-refractivity contribution in [1.29, 1.82) is 0 Å². The number of carbonyl (C=O) groups is 1. The summed E-state index contributed by atoms with van der Waals surface area (Å²) in [4.78, 5) is 26.6. The summed E-state index contributed by atoms with van der Waals surface area (Å²) in [6, 6.07) is 13.0. The molecule has 0 spiro atoms. The van der Waals surface area contributed by atoms with Crippen LogP contribution >= 0.6 is 0 Å². The predicted octanol–water partition coefficient (Wildman–Crippen LogP) is 4.12. The Labute approximate surface area is 156 Å². The second-order valence-electron chi connectivity index (χ2n) is 5.88. The standard InChI is InChI=1S/C20H18N2O5/c1-2-3-12-26-18-7-5-4-6-15(18)13-17-20(23)27-19(21-17)14-8-10-16(11-9-14)22(24)25/h4-11,13H,2-3,12H2,1H3/b17-13-. The fraction of sp³-hybridized carbons (Fsp3) is 0.200. The van der Waals surface area contributed by atoms with Crippen molar-refractivity contribution >= 4 is 23.6 Å². The number of rotatable bonds is 7. The highest BCUT2D eigenvalue weighted by molar-refractivity contribution is 6.13. The molecule has 0 saturated carbocycles. The average molecular weight is 366 g/mol. The maximum absolute atomic E-state index is 12.2. The van der Waals surface area contributed by atoms with Crippen molar-refractivity contribution in [2.45, 2.75) is 19.8 Å². The molecule has 1 aliphatic heterocycles. The first-order valence-corrected chi connectivity index (χ1v) is 8.57. The summed E-state index contributed by atoms with van der Waals surface area (Å²) >= 11 is 0. The molecule has 0 N–H and O–H groups in total. The van der Waals surface area contributed by atoms with Crippen molar-refractivity contribution in [1.82, 2.24) is 0 Å². The quantitative estimate of drug-likeness (QED) is 0.242. The molecule has 3 rings (SSSR count). The number of aliphatic imine (C=N–C) groups is 1. The van der Waals surface area contributed by atoms with Gasteiger partial charge in [0.25, 0.3) is 5.69 Å². The van der Waals surface area contributed by atoms with Gasteiger partial charge in [0.15, 0.2) is 5.70 Å². The number of nitro benzene ring substituents is 1. The molecule has 0 bridgehead atoms. The van der Waals surface area contributed by atoms with Crippen molar-refractivity contribution in [3.8, 4) is 5.75 Å². The van der Waals surface area contributed by atoms with Gasteiger partial charge in [-0.15, -0.1) is 0 Å². The monoisotopic (exact) mass is 366 g/mol. The van der Waals surface area contributed by atoms with E-state index >= 15 is 0 Å². The van der Waals surface area contributed by atoms with Gasteiger partial charge < -0.3 is 9.47 Å². The van der Waals surface area contributed by atoms with Crippen LogP contribution in [0.15, 0.2) is 59.2 Å². The maximum atomic E-state index is 12.2. The van der Waals surface area contributed by atoms with Gasteiger partial charge in [-0.2, -0.15) is 0 Å². The number of non-ortho nitro benzene ring substituents is 1. The van der Waals surface area contributed by atoms with Crippen LogP contribution in [0, 0.1) is 10.1 Å². The number of ether oxygens (including phenoxy) is 2. The zero-order valence-electron chi connectivity index (χ0n) is 14.8. The van der Waals surface area contributed by atoms with E-state index < -0.39 is 10.9 Å². The fourth-order valence-electron chi connectivity index (χ4n) is 2.46. The lowest BCUT2D eigenvalue weighted by molar-refractivity contribution is -0.384. The highest BCUT2D eigenvalue weighted by Gasteiger charge is 2.25. The van der Waals surface area contributed by atoms with E-state index in [0.717, 1.165) is 18.4 Å². The van der Waals surface area contributed by atoms with Crippen molar-refractivity contribution in [3.05, 3.63) is 75.5 Å². The Kier molecular flexibility index (Phi) is 5.61. The SMILES string of the molecule is CCCCOc1ccccc1/C=C1\N=C(c2ccc([N+](=O)[O-])cc2)OC1=O. The summed E-state index contributed by atoms with van der Waals surface area (Å²) in [7, 11) is 0. The van der Waals surface area contributed by atoms with Crippen LogP contribution in [0.4, 0.5) is 5.69 Å². The molecule has 0 aromatic heterocycles. The summed E-state index contributed by atoms with van der Waals surface area (Å²) in [5, 5.41) is 10.7. The minimum absolute atomic E-state index is 0.0439. The normalized spacial score (nSPS) is 14.8. The Morgan fingerprint density at radius 1 is 1.19 bits per heavy atom. The number of unbranched alkanes of at least 4 members (excludes halogenated alkanes) is 1. The summed E-state index contributed by atoms with van der Waals surface area (Å²) in [6.07, 6.45) is 3.58. The highest BCUT2D eigenvalue weighted by Crippen LogP contribution is 2.25. The summed E-state index contributed by atoms with van der Waals surface area (Å²) in [5.41, 5.74) is 1.33. The van der Waals surface area contributed by atoms with Gasteiger partial charge in [-0.1, -0.05) is 31.5 Å². The molecule has 0 atom stereocenters. The third-order valence-corrected chi connectivity index (χ3v) is 3.91. The van der Waals surface area contributed by atoms with Crippen LogP contribution in [-0.4, -0.2) is 23.4 Å². The van der Waals surface area contributed by atoms with E-state index in [1.807, 2.05) is 24.3 Å². The molecule has 0 aliphatic carbocycles. The molecule has 1 aliphatic rings. The minimum Gasteiger partial charge on any atom is -0.493 e. The number of para-hydroxylation sites is 1. The van der Waals surface area contributed by atoms with Gasteiger partial charge in [-0.3, -0.25) is 10.1 Å². The second-order valence-corrected chi connectivity index (χ2v) is 5.88. The number of nitrogens with zero attached hydrogens (tertiary/aromatic N) is 2. The first-order valence-electron chi connectivity index (χ1n) is 8.57. The van der Waals surface area contributed by atoms with E-state index in [1.165, 1.54) is 24.3 Å². The van der Waals surface area contributed by atoms with Crippen LogP contribution in [0.1, 0.15) is 30.9 Å². The van der Waals surface area contributed by atoms with Crippen LogP contribution in [-0.2, 0) is 9.53 Å². The van der Waals surface area contributed by atoms with Gasteiger partial charge in [0.2, 0.25) is 5.90 Å². The van der Waals surface area contributed by atoms with Crippen LogP contribution < -0.4 is 4.74 Å². The lowest BCUT2D eigenvalue weighted by Crippen LogP contribution is -2.05. The lowest BCUT2D eigenvalue weighted by Gasteiger charge is -2.08. The first-order chi connectivity index (χ1) is 13.1. The molecule has 0 amide bonds. The average Bonchev–Trinajstić information content (AvgIpc) is 3.04. The zero-order valence-corrected chi connectivity index (χ0v) is 14.8. The maximum Gasteiger partial charge on any atom is 0.363 e. The van der Waals surface area contributed by atoms with Crippen LogP contribution in [0.2, 0.25) is 0 Å². The van der Waals surface area contributed by atoms with E-state index in [4.69, 9.17) is 9.47 Å². The molecule has 0 fully saturated rings. The van der Waals surface area contributed by atoms with Gasteiger partial charge in [-0.05, 0) is 30.7 Å². The number of benzene rings is 2.